The van der Waals surface area contributed by atoms with E-state index in [1.165, 1.54) is 12.1 Å². The molecule has 0 unspecified atom stereocenters. The van der Waals surface area contributed by atoms with E-state index in [9.17, 15) is 8.78 Å². The van der Waals surface area contributed by atoms with Crippen molar-refractivity contribution in [2.45, 2.75) is 0 Å². The number of halogens is 4. The van der Waals surface area contributed by atoms with E-state index in [1.807, 2.05) is 45.2 Å². The van der Waals surface area contributed by atoms with Crippen LogP contribution in [-0.4, -0.2) is 0 Å². The molecule has 0 saturated heterocycles. The molecule has 2 aromatic carbocycles. The van der Waals surface area contributed by atoms with Gasteiger partial charge in [-0.05, 0) is 81.6 Å². The van der Waals surface area contributed by atoms with Gasteiger partial charge in [0, 0.05) is 18.5 Å². The van der Waals surface area contributed by atoms with Gasteiger partial charge in [-0.15, -0.1) is 0 Å². The standard InChI is InChI=1S/2C6H5FIN/c2*7-5-3-4(9)1-2-6(5)8/h2*1-3H,9H2. The molecule has 0 fully saturated rings. The summed E-state index contributed by atoms with van der Waals surface area (Å²) in [5.41, 5.74) is 11.5. The summed E-state index contributed by atoms with van der Waals surface area (Å²) in [6.45, 7) is 0. The van der Waals surface area contributed by atoms with E-state index >= 15 is 0 Å². The molecule has 0 amide bonds. The molecule has 4 N–H and O–H groups in total. The van der Waals surface area contributed by atoms with Crippen molar-refractivity contribution < 1.29 is 8.78 Å². The first-order valence-electron chi connectivity index (χ1n) is 4.81. The molecule has 0 radical (unpaired) electrons. The average Bonchev–Trinajstić information content (AvgIpc) is 2.30. The first-order valence-corrected chi connectivity index (χ1v) is 6.97. The Morgan fingerprint density at radius 3 is 1.28 bits per heavy atom. The maximum atomic E-state index is 12.5. The molecule has 0 saturated carbocycles. The highest BCUT2D eigenvalue weighted by Crippen LogP contribution is 2.13. The van der Waals surface area contributed by atoms with Crippen molar-refractivity contribution in [3.8, 4) is 0 Å². The van der Waals surface area contributed by atoms with Crippen LogP contribution in [0.15, 0.2) is 36.4 Å². The minimum Gasteiger partial charge on any atom is -0.399 e. The Kier molecular flexibility index (Phi) is 6.06. The number of rotatable bonds is 0. The van der Waals surface area contributed by atoms with Gasteiger partial charge in [0.15, 0.2) is 0 Å². The minimum absolute atomic E-state index is 0.254. The van der Waals surface area contributed by atoms with Gasteiger partial charge in [0.2, 0.25) is 0 Å². The summed E-state index contributed by atoms with van der Waals surface area (Å²) in [5.74, 6) is -0.508. The van der Waals surface area contributed by atoms with Crippen LogP contribution < -0.4 is 11.5 Å². The first-order chi connectivity index (χ1) is 8.40. The van der Waals surface area contributed by atoms with Crippen LogP contribution in [0.5, 0.6) is 0 Å². The van der Waals surface area contributed by atoms with E-state index < -0.39 is 0 Å². The molecule has 96 valence electrons. The Labute approximate surface area is 131 Å². The molecule has 2 aromatic rings. The van der Waals surface area contributed by atoms with E-state index in [-0.39, 0.29) is 11.6 Å². The molecule has 0 aliphatic rings. The second-order valence-corrected chi connectivity index (χ2v) is 5.67. The second-order valence-electron chi connectivity index (χ2n) is 3.35. The van der Waals surface area contributed by atoms with Crippen LogP contribution in [0.4, 0.5) is 20.2 Å². The topological polar surface area (TPSA) is 52.0 Å². The van der Waals surface area contributed by atoms with Gasteiger partial charge in [-0.25, -0.2) is 8.78 Å². The summed E-state index contributed by atoms with van der Waals surface area (Å²) in [4.78, 5) is 0. The first kappa shape index (κ1) is 15.4. The van der Waals surface area contributed by atoms with Crippen molar-refractivity contribution in [1.82, 2.24) is 0 Å². The lowest BCUT2D eigenvalue weighted by molar-refractivity contribution is 0.620. The van der Waals surface area contributed by atoms with E-state index in [0.29, 0.717) is 18.5 Å². The summed E-state index contributed by atoms with van der Waals surface area (Å²) in [6.07, 6.45) is 0. The summed E-state index contributed by atoms with van der Waals surface area (Å²) >= 11 is 3.82. The molecular weight excluding hydrogens is 464 g/mol. The van der Waals surface area contributed by atoms with Crippen molar-refractivity contribution in [3.05, 3.63) is 55.2 Å². The molecule has 18 heavy (non-hydrogen) atoms. The predicted molar refractivity (Wildman–Crippen MR) is 87.1 cm³/mol. The highest BCUT2D eigenvalue weighted by atomic mass is 127. The number of hydrogen-bond donors (Lipinski definition) is 2. The van der Waals surface area contributed by atoms with Crippen molar-refractivity contribution in [3.63, 3.8) is 0 Å². The lowest BCUT2D eigenvalue weighted by atomic mass is 10.3. The van der Waals surface area contributed by atoms with Gasteiger partial charge in [-0.1, -0.05) is 0 Å². The van der Waals surface area contributed by atoms with Crippen LogP contribution in [0.1, 0.15) is 0 Å². The van der Waals surface area contributed by atoms with Crippen LogP contribution in [0, 0.1) is 18.8 Å². The average molecular weight is 474 g/mol. The van der Waals surface area contributed by atoms with Crippen molar-refractivity contribution in [1.29, 1.82) is 0 Å². The maximum Gasteiger partial charge on any atom is 0.138 e. The Hall–Kier alpha value is -0.640. The molecule has 0 aromatic heterocycles. The molecule has 0 bridgehead atoms. The lowest BCUT2D eigenvalue weighted by Crippen LogP contribution is -1.87. The Morgan fingerprint density at radius 1 is 0.722 bits per heavy atom. The third-order valence-electron chi connectivity index (χ3n) is 1.89. The van der Waals surface area contributed by atoms with Gasteiger partial charge in [-0.2, -0.15) is 0 Å². The molecule has 0 heterocycles. The van der Waals surface area contributed by atoms with Gasteiger partial charge in [0.1, 0.15) is 11.6 Å². The highest BCUT2D eigenvalue weighted by Gasteiger charge is 1.96. The molecule has 2 nitrogen and oxygen atoms in total. The molecule has 0 atom stereocenters. The van der Waals surface area contributed by atoms with Crippen molar-refractivity contribution in [2.24, 2.45) is 0 Å². The van der Waals surface area contributed by atoms with Crippen LogP contribution >= 0.6 is 45.2 Å². The van der Waals surface area contributed by atoms with Crippen LogP contribution in [0.2, 0.25) is 0 Å². The normalized spacial score (nSPS) is 9.56. The quantitative estimate of drug-likeness (QED) is 0.448. The van der Waals surface area contributed by atoms with E-state index in [0.717, 1.165) is 0 Å². The zero-order chi connectivity index (χ0) is 13.7. The number of anilines is 2. The number of nitrogens with two attached hydrogens (primary N) is 2. The van der Waals surface area contributed by atoms with Crippen LogP contribution in [-0.2, 0) is 0 Å². The van der Waals surface area contributed by atoms with Crippen LogP contribution in [0.25, 0.3) is 0 Å². The minimum atomic E-state index is -0.254. The monoisotopic (exact) mass is 474 g/mol. The molecule has 0 aliphatic carbocycles. The van der Waals surface area contributed by atoms with Crippen LogP contribution in [0.3, 0.4) is 0 Å². The Bertz CT molecular complexity index is 498. The smallest absolute Gasteiger partial charge is 0.138 e. The fourth-order valence-electron chi connectivity index (χ4n) is 1.02. The Morgan fingerprint density at radius 2 is 1.06 bits per heavy atom. The maximum absolute atomic E-state index is 12.5. The predicted octanol–water partition coefficient (Wildman–Crippen LogP) is 4.03. The lowest BCUT2D eigenvalue weighted by Gasteiger charge is -1.93. The summed E-state index contributed by atoms with van der Waals surface area (Å²) in [5, 5.41) is 0. The van der Waals surface area contributed by atoms with E-state index in [4.69, 9.17) is 11.5 Å². The van der Waals surface area contributed by atoms with Gasteiger partial charge in [0.25, 0.3) is 0 Å². The largest absolute Gasteiger partial charge is 0.399 e. The van der Waals surface area contributed by atoms with E-state index in [2.05, 4.69) is 0 Å². The number of benzene rings is 2. The third kappa shape index (κ3) is 4.92. The van der Waals surface area contributed by atoms with Crippen molar-refractivity contribution in [2.75, 3.05) is 11.5 Å². The zero-order valence-electron chi connectivity index (χ0n) is 9.13. The summed E-state index contributed by atoms with van der Waals surface area (Å²) in [6, 6.07) is 9.25. The van der Waals surface area contributed by atoms with Gasteiger partial charge < -0.3 is 11.5 Å². The molecule has 2 rings (SSSR count). The zero-order valence-corrected chi connectivity index (χ0v) is 13.4. The van der Waals surface area contributed by atoms with Gasteiger partial charge in [0.05, 0.1) is 0 Å². The SMILES string of the molecule is Nc1ccc(I)c(F)c1.Nc1ccc(I)c(F)c1. The van der Waals surface area contributed by atoms with Crippen molar-refractivity contribution >= 4 is 56.6 Å². The van der Waals surface area contributed by atoms with E-state index in [1.54, 1.807) is 24.3 Å². The second kappa shape index (κ2) is 7.07. The molecule has 6 heteroatoms. The van der Waals surface area contributed by atoms with Gasteiger partial charge in [-0.3, -0.25) is 0 Å². The number of hydrogen-bond acceptors (Lipinski definition) is 2. The number of nitrogen functional groups attached to an aromatic ring is 2. The fraction of sp³-hybridized carbons (Fsp3) is 0. The third-order valence-corrected chi connectivity index (χ3v) is 3.64. The highest BCUT2D eigenvalue weighted by molar-refractivity contribution is 14.1. The molecule has 0 aliphatic heterocycles. The Balaban J connectivity index is 0.000000180. The van der Waals surface area contributed by atoms with Gasteiger partial charge >= 0.3 is 0 Å². The molecular formula is C12H10F2I2N2. The fourth-order valence-corrected chi connectivity index (χ4v) is 1.70. The summed E-state index contributed by atoms with van der Waals surface area (Å²) < 4.78 is 26.2. The summed E-state index contributed by atoms with van der Waals surface area (Å²) in [7, 11) is 0. The molecule has 0 spiro atoms.